The lowest BCUT2D eigenvalue weighted by molar-refractivity contribution is 0.898. The molecule has 0 saturated heterocycles. The standard InChI is InChI=1S/C51H35N5/c1-4-14-34(15-5-1)49-52-50(35-16-6-2-7-17-35)54-51(53-49)36-24-28-40(29-25-36)56-46-23-13-11-21-42(46)44-33-38(27-31-48(44)56)37-26-30-47-43(32-37)41-20-10-12-22-45(41)55(47)39-18-8-3-9-19-39/h1-25,27-29,31-33H,26,30H2. The Morgan fingerprint density at radius 2 is 0.839 bits per heavy atom. The maximum Gasteiger partial charge on any atom is 0.164 e. The lowest BCUT2D eigenvalue weighted by Crippen LogP contribution is -2.05. The summed E-state index contributed by atoms with van der Waals surface area (Å²) in [4.78, 5) is 14.8. The molecular formula is C51H35N5. The zero-order chi connectivity index (χ0) is 37.0. The van der Waals surface area contributed by atoms with E-state index in [4.69, 9.17) is 15.0 Å². The van der Waals surface area contributed by atoms with E-state index in [2.05, 4.69) is 137 Å². The number of rotatable bonds is 6. The smallest absolute Gasteiger partial charge is 0.164 e. The van der Waals surface area contributed by atoms with Crippen molar-refractivity contribution in [1.29, 1.82) is 0 Å². The molecule has 0 bridgehead atoms. The minimum Gasteiger partial charge on any atom is -0.313 e. The largest absolute Gasteiger partial charge is 0.313 e. The van der Waals surface area contributed by atoms with Gasteiger partial charge in [-0.3, -0.25) is 0 Å². The molecule has 0 fully saturated rings. The third kappa shape index (κ3) is 5.36. The quantitative estimate of drug-likeness (QED) is 0.172. The van der Waals surface area contributed by atoms with Crippen molar-refractivity contribution in [1.82, 2.24) is 24.1 Å². The van der Waals surface area contributed by atoms with Gasteiger partial charge in [-0.2, -0.15) is 0 Å². The predicted molar refractivity (Wildman–Crippen MR) is 230 cm³/mol. The Labute approximate surface area is 324 Å². The van der Waals surface area contributed by atoms with Gasteiger partial charge in [-0.05, 0) is 90.7 Å². The first kappa shape index (κ1) is 32.1. The Kier molecular flexibility index (Phi) is 7.56. The van der Waals surface area contributed by atoms with Gasteiger partial charge in [-0.15, -0.1) is 0 Å². The fourth-order valence-electron chi connectivity index (χ4n) is 8.47. The first-order valence-electron chi connectivity index (χ1n) is 19.2. The molecule has 0 amide bonds. The molecule has 3 aromatic heterocycles. The highest BCUT2D eigenvalue weighted by atomic mass is 15.0. The minimum absolute atomic E-state index is 0.645. The summed E-state index contributed by atoms with van der Waals surface area (Å²) in [5, 5.41) is 3.79. The molecule has 0 radical (unpaired) electrons. The third-order valence-electron chi connectivity index (χ3n) is 11.1. The van der Waals surface area contributed by atoms with Crippen LogP contribution in [-0.2, 0) is 6.42 Å². The number of hydrogen-bond donors (Lipinski definition) is 0. The third-order valence-corrected chi connectivity index (χ3v) is 11.1. The molecule has 0 aliphatic heterocycles. The summed E-state index contributed by atoms with van der Waals surface area (Å²) in [5.74, 6) is 1.96. The van der Waals surface area contributed by atoms with Gasteiger partial charge in [0.2, 0.25) is 0 Å². The van der Waals surface area contributed by atoms with E-state index in [1.165, 1.54) is 60.8 Å². The van der Waals surface area contributed by atoms with Crippen molar-refractivity contribution >= 4 is 44.4 Å². The lowest BCUT2D eigenvalue weighted by atomic mass is 9.90. The van der Waals surface area contributed by atoms with Crippen LogP contribution in [-0.4, -0.2) is 24.1 Å². The Bertz CT molecular complexity index is 3040. The van der Waals surface area contributed by atoms with Crippen LogP contribution in [0.1, 0.15) is 23.2 Å². The highest BCUT2D eigenvalue weighted by Crippen LogP contribution is 2.40. The van der Waals surface area contributed by atoms with Crippen LogP contribution in [0.5, 0.6) is 0 Å². The maximum absolute atomic E-state index is 4.96. The van der Waals surface area contributed by atoms with Crippen LogP contribution in [0.3, 0.4) is 0 Å². The Morgan fingerprint density at radius 1 is 0.357 bits per heavy atom. The predicted octanol–water partition coefficient (Wildman–Crippen LogP) is 12.4. The molecule has 11 rings (SSSR count). The van der Waals surface area contributed by atoms with Crippen LogP contribution in [0.2, 0.25) is 0 Å². The molecule has 264 valence electrons. The first-order chi connectivity index (χ1) is 27.8. The Morgan fingerprint density at radius 3 is 1.48 bits per heavy atom. The summed E-state index contributed by atoms with van der Waals surface area (Å²) in [6.45, 7) is 0. The topological polar surface area (TPSA) is 48.5 Å². The first-order valence-corrected chi connectivity index (χ1v) is 19.2. The van der Waals surface area contributed by atoms with Gasteiger partial charge >= 0.3 is 0 Å². The second-order valence-corrected chi connectivity index (χ2v) is 14.4. The van der Waals surface area contributed by atoms with Gasteiger partial charge in [0.25, 0.3) is 0 Å². The summed E-state index contributed by atoms with van der Waals surface area (Å²) < 4.78 is 4.82. The molecule has 56 heavy (non-hydrogen) atoms. The van der Waals surface area contributed by atoms with Crippen molar-refractivity contribution < 1.29 is 0 Å². The van der Waals surface area contributed by atoms with E-state index in [9.17, 15) is 0 Å². The fraction of sp³-hybridized carbons (Fsp3) is 0.0392. The van der Waals surface area contributed by atoms with Crippen molar-refractivity contribution in [3.63, 3.8) is 0 Å². The van der Waals surface area contributed by atoms with Gasteiger partial charge in [0.05, 0.1) is 16.6 Å². The zero-order valence-electron chi connectivity index (χ0n) is 30.5. The SMILES string of the molecule is C1=C(c2ccc3c(c2)c2ccccc2n3-c2ccc(-c3nc(-c4ccccc4)nc(-c4ccccc4)n3)cc2)CCc2c1c1ccccc1n2-c1ccccc1. The summed E-state index contributed by atoms with van der Waals surface area (Å²) >= 11 is 0. The summed E-state index contributed by atoms with van der Waals surface area (Å²) in [6, 6.07) is 64.1. The molecule has 3 heterocycles. The van der Waals surface area contributed by atoms with Crippen LogP contribution in [0, 0.1) is 0 Å². The Balaban J connectivity index is 0.994. The number of fused-ring (bicyclic) bond motifs is 6. The average molecular weight is 718 g/mol. The molecule has 0 spiro atoms. The molecule has 0 atom stereocenters. The van der Waals surface area contributed by atoms with E-state index in [0.29, 0.717) is 17.5 Å². The van der Waals surface area contributed by atoms with Crippen LogP contribution in [0.25, 0.3) is 89.9 Å². The molecule has 10 aromatic rings. The maximum atomic E-state index is 4.96. The number of aromatic nitrogens is 5. The highest BCUT2D eigenvalue weighted by molar-refractivity contribution is 6.10. The van der Waals surface area contributed by atoms with Crippen LogP contribution in [0.15, 0.2) is 182 Å². The van der Waals surface area contributed by atoms with Crippen LogP contribution < -0.4 is 0 Å². The fourth-order valence-corrected chi connectivity index (χ4v) is 8.47. The summed E-state index contributed by atoms with van der Waals surface area (Å²) in [5.41, 5.74) is 14.1. The Hall–Kier alpha value is -7.37. The van der Waals surface area contributed by atoms with Crippen molar-refractivity contribution in [3.05, 3.63) is 199 Å². The minimum atomic E-state index is 0.645. The van der Waals surface area contributed by atoms with E-state index >= 15 is 0 Å². The van der Waals surface area contributed by atoms with Crippen molar-refractivity contribution in [2.45, 2.75) is 12.8 Å². The van der Waals surface area contributed by atoms with Gasteiger partial charge in [0.15, 0.2) is 17.5 Å². The molecule has 7 aromatic carbocycles. The molecule has 5 heteroatoms. The number of benzene rings is 7. The van der Waals surface area contributed by atoms with E-state index in [0.717, 1.165) is 35.2 Å². The second-order valence-electron chi connectivity index (χ2n) is 14.4. The van der Waals surface area contributed by atoms with E-state index in [-0.39, 0.29) is 0 Å². The van der Waals surface area contributed by atoms with Crippen molar-refractivity contribution in [2.75, 3.05) is 0 Å². The molecule has 5 nitrogen and oxygen atoms in total. The zero-order valence-corrected chi connectivity index (χ0v) is 30.5. The highest BCUT2D eigenvalue weighted by Gasteiger charge is 2.22. The van der Waals surface area contributed by atoms with Gasteiger partial charge in [-0.1, -0.05) is 121 Å². The summed E-state index contributed by atoms with van der Waals surface area (Å²) in [6.07, 6.45) is 4.40. The molecular weight excluding hydrogens is 683 g/mol. The molecule has 1 aliphatic rings. The lowest BCUT2D eigenvalue weighted by Gasteiger charge is -2.18. The summed E-state index contributed by atoms with van der Waals surface area (Å²) in [7, 11) is 0. The molecule has 0 saturated carbocycles. The van der Waals surface area contributed by atoms with Gasteiger partial charge in [-0.25, -0.2) is 15.0 Å². The normalized spacial score (nSPS) is 12.6. The molecule has 0 unspecified atom stereocenters. The van der Waals surface area contributed by atoms with E-state index in [1.54, 1.807) is 0 Å². The number of allylic oxidation sites excluding steroid dienone is 1. The van der Waals surface area contributed by atoms with Crippen molar-refractivity contribution in [3.8, 4) is 45.5 Å². The van der Waals surface area contributed by atoms with Gasteiger partial charge in [0, 0.05) is 55.5 Å². The van der Waals surface area contributed by atoms with Crippen LogP contribution >= 0.6 is 0 Å². The average Bonchev–Trinajstić information content (AvgIpc) is 3.79. The molecule has 0 N–H and O–H groups in total. The van der Waals surface area contributed by atoms with Crippen LogP contribution in [0.4, 0.5) is 0 Å². The number of nitrogens with zero attached hydrogens (tertiary/aromatic N) is 5. The number of hydrogen-bond acceptors (Lipinski definition) is 3. The van der Waals surface area contributed by atoms with Crippen molar-refractivity contribution in [2.24, 2.45) is 0 Å². The van der Waals surface area contributed by atoms with Gasteiger partial charge < -0.3 is 9.13 Å². The second kappa shape index (κ2) is 13.2. The van der Waals surface area contributed by atoms with E-state index in [1.807, 2.05) is 60.7 Å². The number of para-hydroxylation sites is 3. The van der Waals surface area contributed by atoms with Gasteiger partial charge in [0.1, 0.15) is 0 Å². The van der Waals surface area contributed by atoms with E-state index < -0.39 is 0 Å². The monoisotopic (exact) mass is 717 g/mol. The molecule has 1 aliphatic carbocycles.